The summed E-state index contributed by atoms with van der Waals surface area (Å²) in [5.74, 6) is -0.597. The number of hydrogen-bond acceptors (Lipinski definition) is 4. The van der Waals surface area contributed by atoms with E-state index in [1.165, 1.54) is 0 Å². The monoisotopic (exact) mass is 310 g/mol. The van der Waals surface area contributed by atoms with Crippen LogP contribution in [0.5, 0.6) is 0 Å². The molecule has 6 heteroatoms. The molecule has 0 aromatic carbocycles. The van der Waals surface area contributed by atoms with Crippen LogP contribution in [-0.4, -0.2) is 58.8 Å². The first-order valence-electron chi connectivity index (χ1n) is 8.47. The van der Waals surface area contributed by atoms with Gasteiger partial charge in [-0.15, -0.1) is 0 Å². The van der Waals surface area contributed by atoms with Gasteiger partial charge in [0, 0.05) is 12.6 Å². The molecule has 4 unspecified atom stereocenters. The zero-order valence-electron chi connectivity index (χ0n) is 12.9. The number of rotatable bonds is 3. The van der Waals surface area contributed by atoms with E-state index in [1.807, 2.05) is 0 Å². The maximum absolute atomic E-state index is 11.2. The Morgan fingerprint density at radius 1 is 1.00 bits per heavy atom. The van der Waals surface area contributed by atoms with Crippen molar-refractivity contribution in [3.05, 3.63) is 0 Å². The van der Waals surface area contributed by atoms with Crippen molar-refractivity contribution in [3.8, 4) is 0 Å². The first-order chi connectivity index (χ1) is 10.5. The number of aliphatic carboxylic acids is 2. The summed E-state index contributed by atoms with van der Waals surface area (Å²) in [6.45, 7) is 2.47. The largest absolute Gasteiger partial charge is 0.481 e. The normalized spacial score (nSPS) is 39.9. The molecular formula is C16H26N2O4. The first-order valence-corrected chi connectivity index (χ1v) is 8.47. The van der Waals surface area contributed by atoms with Crippen molar-refractivity contribution in [1.82, 2.24) is 10.2 Å². The molecule has 3 aliphatic rings. The van der Waals surface area contributed by atoms with Crippen molar-refractivity contribution in [2.75, 3.05) is 19.6 Å². The average Bonchev–Trinajstić information content (AvgIpc) is 2.53. The van der Waals surface area contributed by atoms with Crippen LogP contribution >= 0.6 is 0 Å². The lowest BCUT2D eigenvalue weighted by atomic mass is 9.71. The molecule has 5 atom stereocenters. The molecule has 2 heterocycles. The number of nitrogens with one attached hydrogen (secondary N) is 1. The molecule has 3 rings (SSSR count). The summed E-state index contributed by atoms with van der Waals surface area (Å²) in [5.41, 5.74) is 0. The summed E-state index contributed by atoms with van der Waals surface area (Å²) >= 11 is 0. The molecular weight excluding hydrogens is 284 g/mol. The fraction of sp³-hybridized carbons (Fsp3) is 0.875. The summed E-state index contributed by atoms with van der Waals surface area (Å²) in [6.07, 6.45) is 5.74. The number of piperidine rings is 2. The Morgan fingerprint density at radius 3 is 2.55 bits per heavy atom. The molecule has 0 aromatic rings. The van der Waals surface area contributed by atoms with E-state index in [4.69, 9.17) is 0 Å². The van der Waals surface area contributed by atoms with Gasteiger partial charge in [-0.3, -0.25) is 14.5 Å². The minimum Gasteiger partial charge on any atom is -0.481 e. The standard InChI is InChI=1S/C16H26N2O4/c19-15(20)11-2-1-5-18(9-11)13-4-3-10-8-17-14(16(21)22)7-12(10)6-13/h10-14,17H,1-9H2,(H,19,20)(H,21,22)/t10?,11?,12?,13?,14-/m0/s1. The Kier molecular flexibility index (Phi) is 4.68. The third-order valence-electron chi connectivity index (χ3n) is 5.89. The maximum Gasteiger partial charge on any atom is 0.320 e. The molecule has 2 saturated heterocycles. The van der Waals surface area contributed by atoms with Crippen molar-refractivity contribution in [2.45, 2.75) is 50.6 Å². The van der Waals surface area contributed by atoms with E-state index in [-0.39, 0.29) is 5.92 Å². The van der Waals surface area contributed by atoms with Crippen LogP contribution in [0.2, 0.25) is 0 Å². The van der Waals surface area contributed by atoms with Gasteiger partial charge in [0.05, 0.1) is 5.92 Å². The zero-order valence-corrected chi connectivity index (χ0v) is 12.9. The van der Waals surface area contributed by atoms with Gasteiger partial charge in [-0.05, 0) is 63.5 Å². The second-order valence-corrected chi connectivity index (χ2v) is 7.19. The van der Waals surface area contributed by atoms with Crippen molar-refractivity contribution in [2.24, 2.45) is 17.8 Å². The second kappa shape index (κ2) is 6.54. The highest BCUT2D eigenvalue weighted by Crippen LogP contribution is 2.38. The lowest BCUT2D eigenvalue weighted by molar-refractivity contribution is -0.145. The van der Waals surface area contributed by atoms with Gasteiger partial charge >= 0.3 is 11.9 Å². The molecule has 3 fully saturated rings. The lowest BCUT2D eigenvalue weighted by Crippen LogP contribution is -2.53. The molecule has 0 aromatic heterocycles. The van der Waals surface area contributed by atoms with Crippen molar-refractivity contribution in [1.29, 1.82) is 0 Å². The SMILES string of the molecule is O=C(O)C1CCCN(C2CCC3CN[C@H](C(=O)O)CC3C2)C1. The van der Waals surface area contributed by atoms with Crippen molar-refractivity contribution in [3.63, 3.8) is 0 Å². The molecule has 6 nitrogen and oxygen atoms in total. The van der Waals surface area contributed by atoms with Gasteiger partial charge in [-0.1, -0.05) is 0 Å². The van der Waals surface area contributed by atoms with Crippen LogP contribution in [0.3, 0.4) is 0 Å². The topological polar surface area (TPSA) is 89.9 Å². The van der Waals surface area contributed by atoms with Crippen molar-refractivity contribution >= 4 is 11.9 Å². The minimum atomic E-state index is -0.746. The minimum absolute atomic E-state index is 0.230. The molecule has 1 saturated carbocycles. The number of fused-ring (bicyclic) bond motifs is 1. The van der Waals surface area contributed by atoms with E-state index in [1.54, 1.807) is 0 Å². The smallest absolute Gasteiger partial charge is 0.320 e. The summed E-state index contributed by atoms with van der Waals surface area (Å²) in [5, 5.41) is 21.6. The third-order valence-corrected chi connectivity index (χ3v) is 5.89. The highest BCUT2D eigenvalue weighted by molar-refractivity contribution is 5.73. The molecule has 1 aliphatic carbocycles. The van der Waals surface area contributed by atoms with Gasteiger partial charge in [0.25, 0.3) is 0 Å². The van der Waals surface area contributed by atoms with Crippen LogP contribution in [0.1, 0.15) is 38.5 Å². The number of nitrogens with zero attached hydrogens (tertiary/aromatic N) is 1. The van der Waals surface area contributed by atoms with Gasteiger partial charge in [0.1, 0.15) is 6.04 Å². The molecule has 0 radical (unpaired) electrons. The summed E-state index contributed by atoms with van der Waals surface area (Å²) in [7, 11) is 0. The molecule has 22 heavy (non-hydrogen) atoms. The Hall–Kier alpha value is -1.14. The number of hydrogen-bond donors (Lipinski definition) is 3. The van der Waals surface area contributed by atoms with E-state index >= 15 is 0 Å². The summed E-state index contributed by atoms with van der Waals surface area (Å²) in [4.78, 5) is 24.8. The van der Waals surface area contributed by atoms with Crippen LogP contribution in [0.15, 0.2) is 0 Å². The quantitative estimate of drug-likeness (QED) is 0.721. The molecule has 124 valence electrons. The van der Waals surface area contributed by atoms with Crippen LogP contribution in [0, 0.1) is 17.8 Å². The Balaban J connectivity index is 1.60. The van der Waals surface area contributed by atoms with E-state index in [2.05, 4.69) is 10.2 Å². The molecule has 3 N–H and O–H groups in total. The predicted octanol–water partition coefficient (Wildman–Crippen LogP) is 1.01. The van der Waals surface area contributed by atoms with E-state index < -0.39 is 18.0 Å². The first kappa shape index (κ1) is 15.7. The number of carboxylic acids is 2. The van der Waals surface area contributed by atoms with Gasteiger partial charge in [0.2, 0.25) is 0 Å². The van der Waals surface area contributed by atoms with Crippen molar-refractivity contribution < 1.29 is 19.8 Å². The van der Waals surface area contributed by atoms with Gasteiger partial charge in [-0.2, -0.15) is 0 Å². The predicted molar refractivity (Wildman–Crippen MR) is 80.6 cm³/mol. The fourth-order valence-electron chi connectivity index (χ4n) is 4.60. The number of carbonyl (C=O) groups is 2. The van der Waals surface area contributed by atoms with E-state index in [0.29, 0.717) is 30.8 Å². The summed E-state index contributed by atoms with van der Waals surface area (Å²) in [6, 6.07) is 0.0315. The highest BCUT2D eigenvalue weighted by atomic mass is 16.4. The maximum atomic E-state index is 11.2. The van der Waals surface area contributed by atoms with Crippen LogP contribution < -0.4 is 5.32 Å². The number of likely N-dealkylation sites (tertiary alicyclic amines) is 1. The number of carboxylic acid groups (broad SMARTS) is 2. The van der Waals surface area contributed by atoms with Crippen LogP contribution in [-0.2, 0) is 9.59 Å². The third kappa shape index (κ3) is 3.27. The Labute approximate surface area is 130 Å². The molecule has 2 aliphatic heterocycles. The molecule has 0 spiro atoms. The fourth-order valence-corrected chi connectivity index (χ4v) is 4.60. The Morgan fingerprint density at radius 2 is 1.82 bits per heavy atom. The lowest BCUT2D eigenvalue weighted by Gasteiger charge is -2.46. The Bertz CT molecular complexity index is 426. The van der Waals surface area contributed by atoms with Gasteiger partial charge < -0.3 is 15.5 Å². The summed E-state index contributed by atoms with van der Waals surface area (Å²) < 4.78 is 0. The van der Waals surface area contributed by atoms with E-state index in [0.717, 1.165) is 45.2 Å². The van der Waals surface area contributed by atoms with Crippen LogP contribution in [0.25, 0.3) is 0 Å². The van der Waals surface area contributed by atoms with Gasteiger partial charge in [-0.25, -0.2) is 0 Å². The highest BCUT2D eigenvalue weighted by Gasteiger charge is 2.40. The van der Waals surface area contributed by atoms with Crippen LogP contribution in [0.4, 0.5) is 0 Å². The second-order valence-electron chi connectivity index (χ2n) is 7.19. The molecule has 0 amide bonds. The molecule has 0 bridgehead atoms. The van der Waals surface area contributed by atoms with E-state index in [9.17, 15) is 19.8 Å². The average molecular weight is 310 g/mol. The van der Waals surface area contributed by atoms with Gasteiger partial charge in [0.15, 0.2) is 0 Å². The zero-order chi connectivity index (χ0) is 15.7.